The van der Waals surface area contributed by atoms with Gasteiger partial charge in [-0.25, -0.2) is 9.37 Å². The van der Waals surface area contributed by atoms with Crippen LogP contribution in [-0.2, 0) is 0 Å². The number of nitrogens with two attached hydrogens (primary N) is 1. The van der Waals surface area contributed by atoms with E-state index in [0.29, 0.717) is 35.0 Å². The first-order valence-electron chi connectivity index (χ1n) is 7.79. The molecule has 0 fully saturated rings. The Kier molecular flexibility index (Phi) is 4.95. The molecular formula is C18H19FN4O2. The second-order valence-corrected chi connectivity index (χ2v) is 5.77. The van der Waals surface area contributed by atoms with E-state index in [4.69, 9.17) is 15.2 Å². The fourth-order valence-electron chi connectivity index (χ4n) is 2.20. The van der Waals surface area contributed by atoms with Gasteiger partial charge in [0, 0.05) is 36.6 Å². The monoisotopic (exact) mass is 342 g/mol. The van der Waals surface area contributed by atoms with Crippen LogP contribution in [-0.4, -0.2) is 42.1 Å². The maximum atomic E-state index is 14.0. The minimum Gasteiger partial charge on any atom is -0.476 e. The maximum absolute atomic E-state index is 14.0. The highest BCUT2D eigenvalue weighted by molar-refractivity contribution is 5.81. The summed E-state index contributed by atoms with van der Waals surface area (Å²) in [5.74, 6) is 0.391. The molecule has 2 N–H and O–H groups in total. The Morgan fingerprint density at radius 2 is 1.96 bits per heavy atom. The molecule has 0 aliphatic heterocycles. The van der Waals surface area contributed by atoms with Crippen molar-refractivity contribution < 1.29 is 13.9 Å². The summed E-state index contributed by atoms with van der Waals surface area (Å²) < 4.78 is 25.3. The third-order valence-electron chi connectivity index (χ3n) is 3.49. The molecule has 2 aromatic heterocycles. The van der Waals surface area contributed by atoms with Crippen molar-refractivity contribution in [2.45, 2.75) is 0 Å². The smallest absolute Gasteiger partial charge is 0.214 e. The van der Waals surface area contributed by atoms with E-state index in [0.717, 1.165) is 6.54 Å². The van der Waals surface area contributed by atoms with Gasteiger partial charge in [0.05, 0.1) is 5.52 Å². The largest absolute Gasteiger partial charge is 0.476 e. The van der Waals surface area contributed by atoms with Crippen LogP contribution in [0.5, 0.6) is 17.4 Å². The van der Waals surface area contributed by atoms with Crippen molar-refractivity contribution in [3.05, 3.63) is 48.4 Å². The lowest BCUT2D eigenvalue weighted by Crippen LogP contribution is -2.19. The summed E-state index contributed by atoms with van der Waals surface area (Å²) in [6.07, 6.45) is 1.58. The van der Waals surface area contributed by atoms with E-state index in [1.807, 2.05) is 19.0 Å². The fourth-order valence-corrected chi connectivity index (χ4v) is 2.20. The SMILES string of the molecule is CN(C)CCOc1ccc2nccc(Oc3ccc(N)cc3F)c2n1. The average molecular weight is 342 g/mol. The van der Waals surface area contributed by atoms with Crippen molar-refractivity contribution in [2.24, 2.45) is 0 Å². The van der Waals surface area contributed by atoms with Crippen molar-refractivity contribution in [3.63, 3.8) is 0 Å². The van der Waals surface area contributed by atoms with E-state index in [-0.39, 0.29) is 5.75 Å². The van der Waals surface area contributed by atoms with Crippen LogP contribution in [0.3, 0.4) is 0 Å². The molecule has 0 unspecified atom stereocenters. The van der Waals surface area contributed by atoms with Crippen LogP contribution in [0, 0.1) is 5.82 Å². The number of hydrogen-bond acceptors (Lipinski definition) is 6. The molecule has 0 spiro atoms. The Labute approximate surface area is 145 Å². The first-order chi connectivity index (χ1) is 12.0. The molecule has 1 aromatic carbocycles. The Bertz CT molecular complexity index is 886. The summed E-state index contributed by atoms with van der Waals surface area (Å²) >= 11 is 0. The minimum atomic E-state index is -0.539. The van der Waals surface area contributed by atoms with E-state index in [1.165, 1.54) is 12.1 Å². The second-order valence-electron chi connectivity index (χ2n) is 5.77. The molecule has 7 heteroatoms. The molecule has 0 aliphatic carbocycles. The number of pyridine rings is 2. The molecule has 0 saturated heterocycles. The van der Waals surface area contributed by atoms with E-state index >= 15 is 0 Å². The lowest BCUT2D eigenvalue weighted by atomic mass is 10.3. The quantitative estimate of drug-likeness (QED) is 0.694. The average Bonchev–Trinajstić information content (AvgIpc) is 2.57. The number of nitrogen functional groups attached to an aromatic ring is 1. The highest BCUT2D eigenvalue weighted by atomic mass is 19.1. The highest BCUT2D eigenvalue weighted by Gasteiger charge is 2.11. The van der Waals surface area contributed by atoms with E-state index in [1.54, 1.807) is 30.5 Å². The predicted octanol–water partition coefficient (Wildman–Crippen LogP) is 3.08. The van der Waals surface area contributed by atoms with Crippen LogP contribution in [0.2, 0.25) is 0 Å². The van der Waals surface area contributed by atoms with E-state index in [9.17, 15) is 4.39 Å². The topological polar surface area (TPSA) is 73.5 Å². The summed E-state index contributed by atoms with van der Waals surface area (Å²) in [7, 11) is 3.93. The standard InChI is InChI=1S/C18H19FN4O2/c1-23(2)9-10-24-17-6-4-14-18(22-17)16(7-8-21-14)25-15-5-3-12(20)11-13(15)19/h3-8,11H,9-10,20H2,1-2H3. The number of aromatic nitrogens is 2. The van der Waals surface area contributed by atoms with Crippen LogP contribution in [0.25, 0.3) is 11.0 Å². The Balaban J connectivity index is 1.89. The van der Waals surface area contributed by atoms with E-state index < -0.39 is 5.82 Å². The summed E-state index contributed by atoms with van der Waals surface area (Å²) in [6.45, 7) is 1.28. The zero-order valence-corrected chi connectivity index (χ0v) is 14.1. The molecule has 0 amide bonds. The number of halogens is 1. The molecule has 0 bridgehead atoms. The number of ether oxygens (including phenoxy) is 2. The second kappa shape index (κ2) is 7.31. The molecule has 0 aliphatic rings. The van der Waals surface area contributed by atoms with Crippen molar-refractivity contribution in [1.82, 2.24) is 14.9 Å². The summed E-state index contributed by atoms with van der Waals surface area (Å²) in [5, 5.41) is 0. The molecule has 130 valence electrons. The Morgan fingerprint density at radius 3 is 2.72 bits per heavy atom. The summed E-state index contributed by atoms with van der Waals surface area (Å²) in [6, 6.07) is 9.44. The van der Waals surface area contributed by atoms with Gasteiger partial charge in [-0.05, 0) is 32.3 Å². The Hall–Kier alpha value is -2.93. The number of fused-ring (bicyclic) bond motifs is 1. The summed E-state index contributed by atoms with van der Waals surface area (Å²) in [4.78, 5) is 10.7. The van der Waals surface area contributed by atoms with Crippen LogP contribution in [0.4, 0.5) is 10.1 Å². The van der Waals surface area contributed by atoms with Crippen LogP contribution >= 0.6 is 0 Å². The highest BCUT2D eigenvalue weighted by Crippen LogP contribution is 2.30. The van der Waals surface area contributed by atoms with Crippen molar-refractivity contribution in [2.75, 3.05) is 33.0 Å². The van der Waals surface area contributed by atoms with Crippen molar-refractivity contribution >= 4 is 16.7 Å². The van der Waals surface area contributed by atoms with Crippen LogP contribution < -0.4 is 15.2 Å². The molecule has 2 heterocycles. The third-order valence-corrected chi connectivity index (χ3v) is 3.49. The number of nitrogens with zero attached hydrogens (tertiary/aromatic N) is 3. The third kappa shape index (κ3) is 4.13. The van der Waals surface area contributed by atoms with Crippen molar-refractivity contribution in [3.8, 4) is 17.4 Å². The lowest BCUT2D eigenvalue weighted by Gasteiger charge is -2.12. The van der Waals surface area contributed by atoms with Gasteiger partial charge in [0.2, 0.25) is 5.88 Å². The number of anilines is 1. The van der Waals surface area contributed by atoms with Gasteiger partial charge in [0.1, 0.15) is 12.1 Å². The van der Waals surface area contributed by atoms with Crippen LogP contribution in [0.1, 0.15) is 0 Å². The maximum Gasteiger partial charge on any atom is 0.214 e. The summed E-state index contributed by atoms with van der Waals surface area (Å²) in [5.41, 5.74) is 7.03. The molecule has 0 saturated carbocycles. The first-order valence-corrected chi connectivity index (χ1v) is 7.79. The molecule has 3 rings (SSSR count). The zero-order valence-electron chi connectivity index (χ0n) is 14.1. The number of likely N-dealkylation sites (N-methyl/N-ethyl adjacent to an activating group) is 1. The molecule has 6 nitrogen and oxygen atoms in total. The number of benzene rings is 1. The van der Waals surface area contributed by atoms with Gasteiger partial charge < -0.3 is 20.1 Å². The van der Waals surface area contributed by atoms with Crippen molar-refractivity contribution in [1.29, 1.82) is 0 Å². The lowest BCUT2D eigenvalue weighted by molar-refractivity contribution is 0.254. The minimum absolute atomic E-state index is 0.0717. The molecule has 3 aromatic rings. The Morgan fingerprint density at radius 1 is 1.12 bits per heavy atom. The van der Waals surface area contributed by atoms with Gasteiger partial charge in [-0.3, -0.25) is 4.98 Å². The molecule has 0 atom stereocenters. The normalized spacial score (nSPS) is 11.0. The predicted molar refractivity (Wildman–Crippen MR) is 94.5 cm³/mol. The zero-order chi connectivity index (χ0) is 17.8. The van der Waals surface area contributed by atoms with Gasteiger partial charge >= 0.3 is 0 Å². The molecular weight excluding hydrogens is 323 g/mol. The van der Waals surface area contributed by atoms with Gasteiger partial charge in [0.25, 0.3) is 0 Å². The number of rotatable bonds is 6. The van der Waals surface area contributed by atoms with Crippen LogP contribution in [0.15, 0.2) is 42.6 Å². The molecule has 0 radical (unpaired) electrons. The number of hydrogen-bond donors (Lipinski definition) is 1. The van der Waals surface area contributed by atoms with Gasteiger partial charge in [-0.15, -0.1) is 0 Å². The fraction of sp³-hybridized carbons (Fsp3) is 0.222. The van der Waals surface area contributed by atoms with E-state index in [2.05, 4.69) is 9.97 Å². The van der Waals surface area contributed by atoms with Gasteiger partial charge in [-0.2, -0.15) is 0 Å². The molecule has 25 heavy (non-hydrogen) atoms. The van der Waals surface area contributed by atoms with Gasteiger partial charge in [0.15, 0.2) is 17.3 Å². The first kappa shape index (κ1) is 16.9. The van der Waals surface area contributed by atoms with Gasteiger partial charge in [-0.1, -0.05) is 0 Å².